The van der Waals surface area contributed by atoms with E-state index >= 15 is 0 Å². The fraction of sp³-hybridized carbons (Fsp3) is 0.250. The predicted molar refractivity (Wildman–Crippen MR) is 74.4 cm³/mol. The van der Waals surface area contributed by atoms with Crippen molar-refractivity contribution in [3.63, 3.8) is 0 Å². The van der Waals surface area contributed by atoms with E-state index in [-0.39, 0.29) is 11.9 Å². The van der Waals surface area contributed by atoms with Gasteiger partial charge in [-0.05, 0) is 50.1 Å². The Bertz CT molecular complexity index is 549. The lowest BCUT2D eigenvalue weighted by atomic mass is 10.1. The molecule has 0 amide bonds. The molecule has 1 unspecified atom stereocenters. The van der Waals surface area contributed by atoms with Crippen LogP contribution in [0.1, 0.15) is 29.7 Å². The molecule has 18 heavy (non-hydrogen) atoms. The topological polar surface area (TPSA) is 12.0 Å². The third-order valence-electron chi connectivity index (χ3n) is 3.08. The summed E-state index contributed by atoms with van der Waals surface area (Å²) in [6.45, 7) is 5.96. The summed E-state index contributed by atoms with van der Waals surface area (Å²) in [5.41, 5.74) is 4.09. The van der Waals surface area contributed by atoms with Crippen molar-refractivity contribution in [1.29, 1.82) is 0 Å². The molecule has 0 aliphatic carbocycles. The van der Waals surface area contributed by atoms with Gasteiger partial charge in [-0.25, -0.2) is 4.39 Å². The van der Waals surface area contributed by atoms with Crippen LogP contribution in [0.3, 0.4) is 0 Å². The van der Waals surface area contributed by atoms with Gasteiger partial charge in [0, 0.05) is 11.7 Å². The molecule has 0 radical (unpaired) electrons. The SMILES string of the molecule is Cc1cccc(C(C)Nc2ccc(F)c(C)c2)c1. The summed E-state index contributed by atoms with van der Waals surface area (Å²) in [6.07, 6.45) is 0. The Morgan fingerprint density at radius 3 is 2.50 bits per heavy atom. The van der Waals surface area contributed by atoms with Gasteiger partial charge in [0.2, 0.25) is 0 Å². The molecule has 2 aromatic rings. The van der Waals surface area contributed by atoms with Gasteiger partial charge in [0.05, 0.1) is 0 Å². The number of anilines is 1. The standard InChI is InChI=1S/C16H18FN/c1-11-5-4-6-14(9-11)13(3)18-15-7-8-16(17)12(2)10-15/h4-10,13,18H,1-3H3. The van der Waals surface area contributed by atoms with Crippen LogP contribution < -0.4 is 5.32 Å². The molecule has 0 heterocycles. The lowest BCUT2D eigenvalue weighted by molar-refractivity contribution is 0.618. The summed E-state index contributed by atoms with van der Waals surface area (Å²) < 4.78 is 13.2. The van der Waals surface area contributed by atoms with E-state index in [4.69, 9.17) is 0 Å². The van der Waals surface area contributed by atoms with Crippen molar-refractivity contribution in [1.82, 2.24) is 0 Å². The summed E-state index contributed by atoms with van der Waals surface area (Å²) in [4.78, 5) is 0. The van der Waals surface area contributed by atoms with Crippen LogP contribution in [0.2, 0.25) is 0 Å². The highest BCUT2D eigenvalue weighted by atomic mass is 19.1. The Morgan fingerprint density at radius 2 is 1.83 bits per heavy atom. The summed E-state index contributed by atoms with van der Waals surface area (Å²) in [5, 5.41) is 3.39. The maximum atomic E-state index is 13.2. The van der Waals surface area contributed by atoms with Gasteiger partial charge in [-0.15, -0.1) is 0 Å². The summed E-state index contributed by atoms with van der Waals surface area (Å²) in [7, 11) is 0. The number of hydrogen-bond donors (Lipinski definition) is 1. The highest BCUT2D eigenvalue weighted by Gasteiger charge is 2.06. The van der Waals surface area contributed by atoms with Crippen molar-refractivity contribution in [2.45, 2.75) is 26.8 Å². The van der Waals surface area contributed by atoms with Crippen LogP contribution in [0.15, 0.2) is 42.5 Å². The average Bonchev–Trinajstić information content (AvgIpc) is 2.34. The maximum absolute atomic E-state index is 13.2. The molecular weight excluding hydrogens is 225 g/mol. The Morgan fingerprint density at radius 1 is 1.06 bits per heavy atom. The van der Waals surface area contributed by atoms with Crippen LogP contribution in [0.5, 0.6) is 0 Å². The molecule has 2 heteroatoms. The Labute approximate surface area is 108 Å². The molecule has 1 atom stereocenters. The van der Waals surface area contributed by atoms with E-state index in [2.05, 4.69) is 43.4 Å². The van der Waals surface area contributed by atoms with Gasteiger partial charge in [0.1, 0.15) is 5.82 Å². The van der Waals surface area contributed by atoms with Crippen molar-refractivity contribution < 1.29 is 4.39 Å². The first-order valence-corrected chi connectivity index (χ1v) is 6.15. The second-order valence-electron chi connectivity index (χ2n) is 4.74. The molecule has 0 aliphatic heterocycles. The summed E-state index contributed by atoms with van der Waals surface area (Å²) in [6, 6.07) is 13.7. The lowest BCUT2D eigenvalue weighted by Gasteiger charge is -2.16. The number of hydrogen-bond acceptors (Lipinski definition) is 1. The minimum absolute atomic E-state index is 0.163. The predicted octanol–water partition coefficient (Wildman–Crippen LogP) is 4.62. The second-order valence-corrected chi connectivity index (χ2v) is 4.74. The summed E-state index contributed by atoms with van der Waals surface area (Å²) in [5.74, 6) is -0.163. The number of aryl methyl sites for hydroxylation is 2. The van der Waals surface area contributed by atoms with Crippen LogP contribution in [0, 0.1) is 19.7 Å². The molecule has 2 rings (SSSR count). The molecular formula is C16H18FN. The van der Waals surface area contributed by atoms with Crippen LogP contribution in [-0.2, 0) is 0 Å². The Hall–Kier alpha value is -1.83. The van der Waals surface area contributed by atoms with Crippen molar-refractivity contribution in [3.05, 3.63) is 65.0 Å². The molecule has 0 spiro atoms. The van der Waals surface area contributed by atoms with E-state index < -0.39 is 0 Å². The van der Waals surface area contributed by atoms with Gasteiger partial charge >= 0.3 is 0 Å². The highest BCUT2D eigenvalue weighted by molar-refractivity contribution is 5.48. The third-order valence-corrected chi connectivity index (χ3v) is 3.08. The molecule has 1 N–H and O–H groups in total. The second kappa shape index (κ2) is 5.21. The van der Waals surface area contributed by atoms with Gasteiger partial charge in [0.15, 0.2) is 0 Å². The van der Waals surface area contributed by atoms with E-state index in [1.165, 1.54) is 17.2 Å². The minimum atomic E-state index is -0.163. The van der Waals surface area contributed by atoms with Crippen LogP contribution >= 0.6 is 0 Å². The van der Waals surface area contributed by atoms with Crippen molar-refractivity contribution >= 4 is 5.69 Å². The molecule has 0 fully saturated rings. The van der Waals surface area contributed by atoms with E-state index in [1.54, 1.807) is 13.0 Å². The first-order chi connectivity index (χ1) is 8.56. The average molecular weight is 243 g/mol. The smallest absolute Gasteiger partial charge is 0.126 e. The van der Waals surface area contributed by atoms with E-state index in [9.17, 15) is 4.39 Å². The fourth-order valence-electron chi connectivity index (χ4n) is 2.01. The lowest BCUT2D eigenvalue weighted by Crippen LogP contribution is -2.07. The zero-order valence-corrected chi connectivity index (χ0v) is 11.0. The molecule has 0 saturated heterocycles. The Kier molecular flexibility index (Phi) is 3.66. The van der Waals surface area contributed by atoms with Crippen molar-refractivity contribution in [2.24, 2.45) is 0 Å². The number of benzene rings is 2. The highest BCUT2D eigenvalue weighted by Crippen LogP contribution is 2.21. The van der Waals surface area contributed by atoms with Crippen LogP contribution in [0.25, 0.3) is 0 Å². The monoisotopic (exact) mass is 243 g/mol. The fourth-order valence-corrected chi connectivity index (χ4v) is 2.01. The quantitative estimate of drug-likeness (QED) is 0.829. The van der Waals surface area contributed by atoms with E-state index in [0.717, 1.165) is 5.69 Å². The minimum Gasteiger partial charge on any atom is -0.379 e. The zero-order chi connectivity index (χ0) is 13.1. The van der Waals surface area contributed by atoms with Gasteiger partial charge in [-0.3, -0.25) is 0 Å². The molecule has 0 bridgehead atoms. The largest absolute Gasteiger partial charge is 0.379 e. The molecule has 2 aromatic carbocycles. The normalized spacial score (nSPS) is 12.2. The van der Waals surface area contributed by atoms with Crippen LogP contribution in [-0.4, -0.2) is 0 Å². The van der Waals surface area contributed by atoms with Gasteiger partial charge < -0.3 is 5.32 Å². The molecule has 0 saturated carbocycles. The molecule has 0 aliphatic rings. The number of rotatable bonds is 3. The maximum Gasteiger partial charge on any atom is 0.126 e. The van der Waals surface area contributed by atoms with Crippen LogP contribution in [0.4, 0.5) is 10.1 Å². The van der Waals surface area contributed by atoms with Gasteiger partial charge in [-0.2, -0.15) is 0 Å². The van der Waals surface area contributed by atoms with Gasteiger partial charge in [0.25, 0.3) is 0 Å². The van der Waals surface area contributed by atoms with Gasteiger partial charge in [-0.1, -0.05) is 29.8 Å². The zero-order valence-electron chi connectivity index (χ0n) is 11.0. The summed E-state index contributed by atoms with van der Waals surface area (Å²) >= 11 is 0. The van der Waals surface area contributed by atoms with Crippen molar-refractivity contribution in [2.75, 3.05) is 5.32 Å². The first kappa shape index (κ1) is 12.6. The molecule has 0 aromatic heterocycles. The van der Waals surface area contributed by atoms with Crippen molar-refractivity contribution in [3.8, 4) is 0 Å². The van der Waals surface area contributed by atoms with E-state index in [0.29, 0.717) is 5.56 Å². The number of halogens is 1. The Balaban J connectivity index is 2.16. The molecule has 94 valence electrons. The first-order valence-electron chi connectivity index (χ1n) is 6.15. The number of nitrogens with one attached hydrogen (secondary N) is 1. The molecule has 1 nitrogen and oxygen atoms in total. The van der Waals surface area contributed by atoms with E-state index in [1.807, 2.05) is 6.07 Å². The third kappa shape index (κ3) is 2.89.